The molecular weight excluding hydrogens is 463 g/mol. The molecule has 7 heteroatoms. The molecule has 100 valence electrons. The summed E-state index contributed by atoms with van der Waals surface area (Å²) in [4.78, 5) is 2.81. The van der Waals surface area contributed by atoms with Gasteiger partial charge in [0.05, 0.1) is 16.9 Å². The van der Waals surface area contributed by atoms with Crippen LogP contribution in [-0.4, -0.2) is 12.5 Å². The lowest BCUT2D eigenvalue weighted by molar-refractivity contribution is 1.25. The van der Waals surface area contributed by atoms with Crippen LogP contribution in [0.25, 0.3) is 0 Å². The lowest BCUT2D eigenvalue weighted by Crippen LogP contribution is -1.72. The molecule has 0 radical (unpaired) electrons. The molecule has 0 aromatic heterocycles. The number of thioether (sulfide) groups is 6. The molecule has 0 saturated heterocycles. The SMILES string of the molecule is CSC1=C(SC)SC(=C2Sc3ccc(I)cc3S2)S1. The first-order chi connectivity index (χ1) is 9.21. The van der Waals surface area contributed by atoms with E-state index in [1.54, 1.807) is 0 Å². The Morgan fingerprint density at radius 2 is 1.42 bits per heavy atom. The summed E-state index contributed by atoms with van der Waals surface area (Å²) >= 11 is 13.8. The molecule has 0 bridgehead atoms. The van der Waals surface area contributed by atoms with Crippen LogP contribution in [0.1, 0.15) is 0 Å². The van der Waals surface area contributed by atoms with E-state index in [1.165, 1.54) is 30.3 Å². The van der Waals surface area contributed by atoms with Gasteiger partial charge >= 0.3 is 0 Å². The van der Waals surface area contributed by atoms with E-state index in [-0.39, 0.29) is 0 Å². The first kappa shape index (κ1) is 15.4. The van der Waals surface area contributed by atoms with E-state index in [0.717, 1.165) is 0 Å². The summed E-state index contributed by atoms with van der Waals surface area (Å²) in [7, 11) is 0. The average molecular weight is 473 g/mol. The molecule has 0 saturated carbocycles. The zero-order valence-corrected chi connectivity index (χ0v) is 17.1. The van der Waals surface area contributed by atoms with E-state index in [1.807, 2.05) is 70.6 Å². The van der Waals surface area contributed by atoms with E-state index in [0.29, 0.717) is 0 Å². The van der Waals surface area contributed by atoms with Crippen molar-refractivity contribution >= 4 is 93.2 Å². The maximum absolute atomic E-state index is 2.38. The lowest BCUT2D eigenvalue weighted by atomic mass is 10.4. The topological polar surface area (TPSA) is 0 Å². The maximum atomic E-state index is 2.38. The molecule has 0 fully saturated rings. The highest BCUT2D eigenvalue weighted by molar-refractivity contribution is 14.1. The molecule has 0 spiro atoms. The van der Waals surface area contributed by atoms with Gasteiger partial charge in [0, 0.05) is 13.4 Å². The minimum atomic E-state index is 1.31. The van der Waals surface area contributed by atoms with Crippen molar-refractivity contribution in [3.05, 3.63) is 38.7 Å². The van der Waals surface area contributed by atoms with Crippen LogP contribution >= 0.6 is 93.2 Å². The van der Waals surface area contributed by atoms with Crippen LogP contribution in [0.3, 0.4) is 0 Å². The van der Waals surface area contributed by atoms with Crippen molar-refractivity contribution in [2.45, 2.75) is 9.79 Å². The number of hydrogen-bond acceptors (Lipinski definition) is 6. The third-order valence-corrected chi connectivity index (χ3v) is 11.3. The van der Waals surface area contributed by atoms with Crippen molar-refractivity contribution in [2.24, 2.45) is 0 Å². The summed E-state index contributed by atoms with van der Waals surface area (Å²) < 4.78 is 7.12. The Balaban J connectivity index is 1.86. The lowest BCUT2D eigenvalue weighted by Gasteiger charge is -2.00. The summed E-state index contributed by atoms with van der Waals surface area (Å²) in [6, 6.07) is 6.71. The molecule has 2 heterocycles. The summed E-state index contributed by atoms with van der Waals surface area (Å²) in [5, 5.41) is 0. The fraction of sp³-hybridized carbons (Fsp3) is 0.167. The van der Waals surface area contributed by atoms with E-state index in [2.05, 4.69) is 53.3 Å². The van der Waals surface area contributed by atoms with Crippen LogP contribution in [0.5, 0.6) is 0 Å². The molecule has 19 heavy (non-hydrogen) atoms. The normalized spacial score (nSPS) is 18.5. The standard InChI is InChI=1S/C12H9IS6/c1-14-9-10(15-2)19-12(18-9)11-16-7-4-3-6(13)5-8(7)17-11/h3-5H,1-2H3. The third kappa shape index (κ3) is 3.32. The Hall–Kier alpha value is 1.53. The van der Waals surface area contributed by atoms with E-state index >= 15 is 0 Å². The van der Waals surface area contributed by atoms with Crippen LogP contribution in [0.15, 0.2) is 44.9 Å². The molecule has 2 aliphatic rings. The molecule has 0 aliphatic carbocycles. The number of fused-ring (bicyclic) bond motifs is 1. The highest BCUT2D eigenvalue weighted by Crippen LogP contribution is 2.63. The van der Waals surface area contributed by atoms with Gasteiger partial charge in [-0.3, -0.25) is 0 Å². The molecule has 0 atom stereocenters. The second-order valence-corrected chi connectivity index (χ2v) is 11.6. The van der Waals surface area contributed by atoms with Crippen molar-refractivity contribution in [3.63, 3.8) is 0 Å². The molecule has 0 nitrogen and oxygen atoms in total. The second kappa shape index (κ2) is 6.75. The zero-order valence-electron chi connectivity index (χ0n) is 10.1. The van der Waals surface area contributed by atoms with Gasteiger partial charge in [0.15, 0.2) is 0 Å². The van der Waals surface area contributed by atoms with E-state index < -0.39 is 0 Å². The van der Waals surface area contributed by atoms with Gasteiger partial charge in [-0.25, -0.2) is 0 Å². The highest BCUT2D eigenvalue weighted by Gasteiger charge is 2.28. The van der Waals surface area contributed by atoms with Crippen LogP contribution < -0.4 is 0 Å². The third-order valence-electron chi connectivity index (χ3n) is 2.39. The highest BCUT2D eigenvalue weighted by atomic mass is 127. The Bertz CT molecular complexity index is 574. The van der Waals surface area contributed by atoms with Gasteiger partial charge in [-0.15, -0.1) is 23.5 Å². The summed E-state index contributed by atoms with van der Waals surface area (Å²) in [5.74, 6) is 0. The van der Waals surface area contributed by atoms with Crippen molar-refractivity contribution in [1.82, 2.24) is 0 Å². The Labute approximate surface area is 152 Å². The van der Waals surface area contributed by atoms with Crippen LogP contribution in [-0.2, 0) is 0 Å². The molecule has 2 aliphatic heterocycles. The molecule has 0 N–H and O–H groups in total. The smallest absolute Gasteiger partial charge is 0.0717 e. The zero-order chi connectivity index (χ0) is 13.4. The Morgan fingerprint density at radius 1 is 0.842 bits per heavy atom. The van der Waals surface area contributed by atoms with Crippen molar-refractivity contribution in [2.75, 3.05) is 12.5 Å². The van der Waals surface area contributed by atoms with Crippen LogP contribution in [0.4, 0.5) is 0 Å². The largest absolute Gasteiger partial charge is 0.121 e. The predicted molar refractivity (Wildman–Crippen MR) is 107 cm³/mol. The number of benzene rings is 1. The number of hydrogen-bond donors (Lipinski definition) is 0. The molecule has 1 aromatic carbocycles. The van der Waals surface area contributed by atoms with Gasteiger partial charge in [-0.05, 0) is 53.3 Å². The number of rotatable bonds is 2. The minimum absolute atomic E-state index is 1.31. The molecule has 3 rings (SSSR count). The first-order valence-corrected chi connectivity index (χ1v) is 12.1. The van der Waals surface area contributed by atoms with Gasteiger partial charge in [0.1, 0.15) is 0 Å². The van der Waals surface area contributed by atoms with Crippen molar-refractivity contribution < 1.29 is 0 Å². The quantitative estimate of drug-likeness (QED) is 0.424. The summed E-state index contributed by atoms with van der Waals surface area (Å²) in [6.45, 7) is 0. The van der Waals surface area contributed by atoms with E-state index in [9.17, 15) is 0 Å². The van der Waals surface area contributed by atoms with E-state index in [4.69, 9.17) is 0 Å². The predicted octanol–water partition coefficient (Wildman–Crippen LogP) is 6.95. The molecule has 0 amide bonds. The van der Waals surface area contributed by atoms with Crippen molar-refractivity contribution in [3.8, 4) is 0 Å². The second-order valence-electron chi connectivity index (χ2n) is 3.56. The Morgan fingerprint density at radius 3 is 2.05 bits per heavy atom. The molecular formula is C12H9IS6. The summed E-state index contributed by atoms with van der Waals surface area (Å²) in [5.41, 5.74) is 0. The Kier molecular flexibility index (Phi) is 5.48. The molecule has 0 unspecified atom stereocenters. The number of halogens is 1. The van der Waals surface area contributed by atoms with Gasteiger partial charge < -0.3 is 0 Å². The monoisotopic (exact) mass is 472 g/mol. The van der Waals surface area contributed by atoms with Gasteiger partial charge in [-0.2, -0.15) is 0 Å². The minimum Gasteiger partial charge on any atom is -0.121 e. The van der Waals surface area contributed by atoms with Crippen LogP contribution in [0.2, 0.25) is 0 Å². The fourth-order valence-corrected chi connectivity index (χ4v) is 10.1. The van der Waals surface area contributed by atoms with Crippen LogP contribution in [0, 0.1) is 3.57 Å². The van der Waals surface area contributed by atoms with Gasteiger partial charge in [0.25, 0.3) is 0 Å². The summed E-state index contributed by atoms with van der Waals surface area (Å²) in [6.07, 6.45) is 4.33. The van der Waals surface area contributed by atoms with Gasteiger partial charge in [-0.1, -0.05) is 47.0 Å². The van der Waals surface area contributed by atoms with Crippen molar-refractivity contribution in [1.29, 1.82) is 0 Å². The van der Waals surface area contributed by atoms with Gasteiger partial charge in [0.2, 0.25) is 0 Å². The average Bonchev–Trinajstić information content (AvgIpc) is 3.00. The fourth-order valence-electron chi connectivity index (χ4n) is 1.56. The molecule has 1 aromatic rings. The first-order valence-electron chi connectivity index (χ1n) is 5.28. The maximum Gasteiger partial charge on any atom is 0.0717 e.